The van der Waals surface area contributed by atoms with Gasteiger partial charge in [0.05, 0.1) is 14.2 Å². The molecule has 0 aliphatic heterocycles. The Morgan fingerprint density at radius 1 is 0.810 bits per heavy atom. The van der Waals surface area contributed by atoms with Crippen LogP contribution in [0.1, 0.15) is 0 Å². The maximum absolute atomic E-state index is 12.0. The van der Waals surface area contributed by atoms with Gasteiger partial charge in [-0.1, -0.05) is 12.1 Å². The highest BCUT2D eigenvalue weighted by atomic mass is 31.2. The van der Waals surface area contributed by atoms with Gasteiger partial charge in [0.25, 0.3) is 0 Å². The van der Waals surface area contributed by atoms with Crippen molar-refractivity contribution < 1.29 is 28.0 Å². The van der Waals surface area contributed by atoms with Crippen LogP contribution in [-0.4, -0.2) is 19.1 Å². The largest absolute Gasteiger partial charge is 0.584 e. The smallest absolute Gasteiger partial charge is 0.497 e. The molecule has 0 fully saturated rings. The minimum absolute atomic E-state index is 0.170. The van der Waals surface area contributed by atoms with E-state index in [2.05, 4.69) is 0 Å². The molecule has 0 saturated carbocycles. The number of benzene rings is 2. The van der Waals surface area contributed by atoms with Gasteiger partial charge in [-0.3, -0.25) is 4.89 Å². The zero-order valence-electron chi connectivity index (χ0n) is 11.6. The average molecular weight is 310 g/mol. The van der Waals surface area contributed by atoms with Crippen LogP contribution in [0.2, 0.25) is 0 Å². The lowest BCUT2D eigenvalue weighted by molar-refractivity contribution is 0.289. The third kappa shape index (κ3) is 4.41. The Bertz CT molecular complexity index is 604. The fraction of sp³-hybridized carbons (Fsp3) is 0.143. The summed E-state index contributed by atoms with van der Waals surface area (Å²) in [6.45, 7) is 0. The monoisotopic (exact) mass is 310 g/mol. The Balaban J connectivity index is 2.12. The van der Waals surface area contributed by atoms with E-state index in [1.807, 2.05) is 0 Å². The zero-order valence-corrected chi connectivity index (χ0v) is 12.4. The fourth-order valence-corrected chi connectivity index (χ4v) is 2.40. The van der Waals surface area contributed by atoms with E-state index < -0.39 is 7.82 Å². The Kier molecular flexibility index (Phi) is 4.73. The highest BCUT2D eigenvalue weighted by Gasteiger charge is 2.25. The Morgan fingerprint density at radius 2 is 1.19 bits per heavy atom. The lowest BCUT2D eigenvalue weighted by Gasteiger charge is -2.14. The minimum atomic E-state index is -4.31. The van der Waals surface area contributed by atoms with Crippen molar-refractivity contribution in [1.82, 2.24) is 0 Å². The van der Waals surface area contributed by atoms with Gasteiger partial charge in [-0.2, -0.15) is 0 Å². The second-order valence-electron chi connectivity index (χ2n) is 4.01. The summed E-state index contributed by atoms with van der Waals surface area (Å²) < 4.78 is 32.0. The van der Waals surface area contributed by atoms with Gasteiger partial charge in [-0.25, -0.2) is 4.57 Å². The summed E-state index contributed by atoms with van der Waals surface area (Å²) in [5.74, 6) is 1.36. The molecule has 0 heterocycles. The number of phosphoric ester groups is 1. The molecule has 0 bridgehead atoms. The predicted octanol–water partition coefficient (Wildman–Crippen LogP) is 3.26. The first kappa shape index (κ1) is 15.2. The Hall–Kier alpha value is -2.17. The van der Waals surface area contributed by atoms with E-state index in [1.165, 1.54) is 38.5 Å². The van der Waals surface area contributed by atoms with Crippen molar-refractivity contribution in [2.45, 2.75) is 0 Å². The highest BCUT2D eigenvalue weighted by molar-refractivity contribution is 7.48. The van der Waals surface area contributed by atoms with Crippen molar-refractivity contribution in [1.29, 1.82) is 0 Å². The standard InChI is InChI=1S/C14H15O6P/c1-17-11-5-3-7-13(9-11)19-21(15,16)20-14-8-4-6-12(10-14)18-2/h3-10H,1-2H3,(H,15,16). The normalized spacial score (nSPS) is 10.8. The van der Waals surface area contributed by atoms with Crippen molar-refractivity contribution in [2.75, 3.05) is 14.2 Å². The SMILES string of the molecule is COc1cccc(OP(=O)(O)Oc2cccc(OC)c2)c1. The first-order chi connectivity index (χ1) is 10.0. The number of ether oxygens (including phenoxy) is 2. The van der Waals surface area contributed by atoms with Gasteiger partial charge in [0.1, 0.15) is 23.0 Å². The highest BCUT2D eigenvalue weighted by Crippen LogP contribution is 2.45. The van der Waals surface area contributed by atoms with Crippen LogP contribution in [0.5, 0.6) is 23.0 Å². The van der Waals surface area contributed by atoms with Crippen molar-refractivity contribution in [3.8, 4) is 23.0 Å². The summed E-state index contributed by atoms with van der Waals surface area (Å²) in [5.41, 5.74) is 0. The number of rotatable bonds is 6. The summed E-state index contributed by atoms with van der Waals surface area (Å²) in [4.78, 5) is 9.78. The van der Waals surface area contributed by atoms with Gasteiger partial charge in [-0.15, -0.1) is 0 Å². The van der Waals surface area contributed by atoms with Crippen molar-refractivity contribution >= 4 is 7.82 Å². The molecule has 7 heteroatoms. The van der Waals surface area contributed by atoms with Gasteiger partial charge in [0.15, 0.2) is 0 Å². The third-order valence-corrected chi connectivity index (χ3v) is 3.41. The first-order valence-electron chi connectivity index (χ1n) is 6.02. The molecular formula is C14H15O6P. The second kappa shape index (κ2) is 6.52. The van der Waals surface area contributed by atoms with Gasteiger partial charge in [0.2, 0.25) is 0 Å². The molecule has 0 aromatic heterocycles. The molecule has 2 aromatic carbocycles. The molecule has 2 rings (SSSR count). The van der Waals surface area contributed by atoms with Crippen molar-refractivity contribution in [3.05, 3.63) is 48.5 Å². The summed E-state index contributed by atoms with van der Waals surface area (Å²) in [6, 6.07) is 12.7. The molecule has 2 aromatic rings. The molecule has 0 unspecified atom stereocenters. The second-order valence-corrected chi connectivity index (χ2v) is 5.31. The van der Waals surface area contributed by atoms with E-state index in [0.717, 1.165) is 0 Å². The van der Waals surface area contributed by atoms with Gasteiger partial charge < -0.3 is 18.5 Å². The van der Waals surface area contributed by atoms with E-state index in [9.17, 15) is 9.46 Å². The fourth-order valence-electron chi connectivity index (χ4n) is 1.60. The quantitative estimate of drug-likeness (QED) is 0.825. The number of phosphoric acid groups is 1. The van der Waals surface area contributed by atoms with Gasteiger partial charge in [-0.05, 0) is 24.3 Å². The number of hydrogen-bond donors (Lipinski definition) is 1. The van der Waals surface area contributed by atoms with E-state index >= 15 is 0 Å². The van der Waals surface area contributed by atoms with Gasteiger partial charge >= 0.3 is 7.82 Å². The summed E-state index contributed by atoms with van der Waals surface area (Å²) in [7, 11) is -1.33. The summed E-state index contributed by atoms with van der Waals surface area (Å²) in [6.07, 6.45) is 0. The molecule has 1 N–H and O–H groups in total. The predicted molar refractivity (Wildman–Crippen MR) is 77.1 cm³/mol. The molecular weight excluding hydrogens is 295 g/mol. The average Bonchev–Trinajstić information content (AvgIpc) is 2.46. The van der Waals surface area contributed by atoms with Crippen LogP contribution in [0.3, 0.4) is 0 Å². The summed E-state index contributed by atoms with van der Waals surface area (Å²) >= 11 is 0. The molecule has 0 radical (unpaired) electrons. The number of hydrogen-bond acceptors (Lipinski definition) is 5. The van der Waals surface area contributed by atoms with Crippen molar-refractivity contribution in [2.24, 2.45) is 0 Å². The van der Waals surface area contributed by atoms with Gasteiger partial charge in [0, 0.05) is 12.1 Å². The van der Waals surface area contributed by atoms with E-state index in [0.29, 0.717) is 11.5 Å². The number of methoxy groups -OCH3 is 2. The van der Waals surface area contributed by atoms with E-state index in [1.54, 1.807) is 24.3 Å². The summed E-state index contributed by atoms with van der Waals surface area (Å²) in [5, 5.41) is 0. The maximum Gasteiger partial charge on any atom is 0.584 e. The van der Waals surface area contributed by atoms with E-state index in [-0.39, 0.29) is 11.5 Å². The molecule has 0 spiro atoms. The van der Waals surface area contributed by atoms with E-state index in [4.69, 9.17) is 18.5 Å². The molecule has 0 amide bonds. The zero-order chi connectivity index (χ0) is 15.3. The van der Waals surface area contributed by atoms with Crippen LogP contribution >= 0.6 is 7.82 Å². The molecule has 0 saturated heterocycles. The molecule has 6 nitrogen and oxygen atoms in total. The lowest BCUT2D eigenvalue weighted by Crippen LogP contribution is -2.00. The van der Waals surface area contributed by atoms with Crippen LogP contribution in [-0.2, 0) is 4.57 Å². The van der Waals surface area contributed by atoms with Crippen LogP contribution in [0.15, 0.2) is 48.5 Å². The maximum atomic E-state index is 12.0. The first-order valence-corrected chi connectivity index (χ1v) is 7.52. The molecule has 0 atom stereocenters. The Labute approximate surface area is 122 Å². The van der Waals surface area contributed by atoms with Crippen LogP contribution < -0.4 is 18.5 Å². The third-order valence-electron chi connectivity index (χ3n) is 2.52. The van der Waals surface area contributed by atoms with Crippen molar-refractivity contribution in [3.63, 3.8) is 0 Å². The van der Waals surface area contributed by atoms with Crippen LogP contribution in [0.25, 0.3) is 0 Å². The molecule has 21 heavy (non-hydrogen) atoms. The minimum Gasteiger partial charge on any atom is -0.497 e. The van der Waals surface area contributed by atoms with Crippen LogP contribution in [0, 0.1) is 0 Å². The Morgan fingerprint density at radius 3 is 1.57 bits per heavy atom. The topological polar surface area (TPSA) is 74.2 Å². The molecule has 0 aliphatic rings. The molecule has 112 valence electrons. The van der Waals surface area contributed by atoms with Crippen LogP contribution in [0.4, 0.5) is 0 Å². The molecule has 0 aliphatic carbocycles. The lowest BCUT2D eigenvalue weighted by atomic mass is 10.3.